The predicted octanol–water partition coefficient (Wildman–Crippen LogP) is 5.27. The maximum atomic E-state index is 5.89. The first kappa shape index (κ1) is 17.7. The summed E-state index contributed by atoms with van der Waals surface area (Å²) < 4.78 is 10.6. The van der Waals surface area contributed by atoms with Crippen molar-refractivity contribution in [2.45, 2.75) is 19.3 Å². The fraction of sp³-hybridized carbons (Fsp3) is 0.158. The standard InChI is InChI=1S/C19H14Cl2N4O2/c20-14-8-4-12(5-9-14)18-22-16(26-24-18)2-1-3-17-23-19(25-27-17)13-6-10-15(21)11-7-13/h4-11H,1-3H2. The van der Waals surface area contributed by atoms with E-state index in [1.165, 1.54) is 0 Å². The third kappa shape index (κ3) is 4.35. The van der Waals surface area contributed by atoms with E-state index in [-0.39, 0.29) is 0 Å². The Hall–Kier alpha value is -2.70. The lowest BCUT2D eigenvalue weighted by Gasteiger charge is -1.94. The molecular weight excluding hydrogens is 387 g/mol. The largest absolute Gasteiger partial charge is 0.339 e. The summed E-state index contributed by atoms with van der Waals surface area (Å²) in [6, 6.07) is 14.6. The van der Waals surface area contributed by atoms with Crippen molar-refractivity contribution in [3.8, 4) is 22.8 Å². The Morgan fingerprint density at radius 1 is 0.630 bits per heavy atom. The molecule has 2 aromatic carbocycles. The van der Waals surface area contributed by atoms with E-state index >= 15 is 0 Å². The van der Waals surface area contributed by atoms with Crippen molar-refractivity contribution in [1.82, 2.24) is 20.3 Å². The Balaban J connectivity index is 1.34. The van der Waals surface area contributed by atoms with Gasteiger partial charge in [-0.05, 0) is 55.0 Å². The minimum atomic E-state index is 0.546. The number of hydrogen-bond donors (Lipinski definition) is 0. The van der Waals surface area contributed by atoms with Gasteiger partial charge in [0.1, 0.15) is 0 Å². The number of aromatic nitrogens is 4. The third-order valence-electron chi connectivity index (χ3n) is 3.92. The minimum Gasteiger partial charge on any atom is -0.339 e. The molecule has 0 aliphatic carbocycles. The number of halogens is 2. The van der Waals surface area contributed by atoms with Crippen LogP contribution in [0.4, 0.5) is 0 Å². The van der Waals surface area contributed by atoms with Crippen LogP contribution < -0.4 is 0 Å². The fourth-order valence-corrected chi connectivity index (χ4v) is 2.79. The second kappa shape index (κ2) is 7.90. The summed E-state index contributed by atoms with van der Waals surface area (Å²) in [7, 11) is 0. The van der Waals surface area contributed by atoms with Crippen LogP contribution in [0.1, 0.15) is 18.2 Å². The molecule has 2 heterocycles. The van der Waals surface area contributed by atoms with Gasteiger partial charge in [-0.1, -0.05) is 33.5 Å². The molecule has 136 valence electrons. The zero-order valence-corrected chi connectivity index (χ0v) is 15.6. The maximum Gasteiger partial charge on any atom is 0.226 e. The van der Waals surface area contributed by atoms with Gasteiger partial charge < -0.3 is 9.05 Å². The summed E-state index contributed by atoms with van der Waals surface area (Å²) in [6.07, 6.45) is 2.00. The molecule has 0 amide bonds. The van der Waals surface area contributed by atoms with E-state index in [4.69, 9.17) is 32.2 Å². The van der Waals surface area contributed by atoms with Crippen LogP contribution in [-0.2, 0) is 12.8 Å². The lowest BCUT2D eigenvalue weighted by atomic mass is 10.2. The molecule has 0 aliphatic rings. The van der Waals surface area contributed by atoms with Gasteiger partial charge in [0.25, 0.3) is 0 Å². The summed E-state index contributed by atoms with van der Waals surface area (Å²) in [5, 5.41) is 9.34. The lowest BCUT2D eigenvalue weighted by molar-refractivity contribution is 0.360. The van der Waals surface area contributed by atoms with Crippen molar-refractivity contribution in [1.29, 1.82) is 0 Å². The molecule has 4 rings (SSSR count). The van der Waals surface area contributed by atoms with Gasteiger partial charge in [0.05, 0.1) is 0 Å². The molecular formula is C19H14Cl2N4O2. The van der Waals surface area contributed by atoms with E-state index in [9.17, 15) is 0 Å². The second-order valence-corrected chi connectivity index (χ2v) is 6.76. The van der Waals surface area contributed by atoms with Crippen LogP contribution in [0.2, 0.25) is 10.0 Å². The monoisotopic (exact) mass is 400 g/mol. The molecule has 0 saturated carbocycles. The van der Waals surface area contributed by atoms with Gasteiger partial charge >= 0.3 is 0 Å². The molecule has 0 radical (unpaired) electrons. The number of nitrogens with zero attached hydrogens (tertiary/aromatic N) is 4. The minimum absolute atomic E-state index is 0.546. The SMILES string of the molecule is Clc1ccc(-c2noc(CCCc3nc(-c4ccc(Cl)cc4)no3)n2)cc1. The fourth-order valence-electron chi connectivity index (χ4n) is 2.54. The predicted molar refractivity (Wildman–Crippen MR) is 102 cm³/mol. The maximum absolute atomic E-state index is 5.89. The highest BCUT2D eigenvalue weighted by molar-refractivity contribution is 6.30. The second-order valence-electron chi connectivity index (χ2n) is 5.89. The average molecular weight is 401 g/mol. The van der Waals surface area contributed by atoms with Crippen molar-refractivity contribution in [2.75, 3.05) is 0 Å². The molecule has 0 fully saturated rings. The first-order chi connectivity index (χ1) is 13.2. The van der Waals surface area contributed by atoms with Crippen molar-refractivity contribution in [3.05, 3.63) is 70.4 Å². The zero-order chi connectivity index (χ0) is 18.6. The zero-order valence-electron chi connectivity index (χ0n) is 14.1. The van der Waals surface area contributed by atoms with Gasteiger partial charge in [0.15, 0.2) is 0 Å². The Bertz CT molecular complexity index is 943. The number of aryl methyl sites for hydroxylation is 2. The first-order valence-electron chi connectivity index (χ1n) is 8.34. The number of benzene rings is 2. The summed E-state index contributed by atoms with van der Waals surface area (Å²) >= 11 is 11.8. The smallest absolute Gasteiger partial charge is 0.226 e. The molecule has 6 nitrogen and oxygen atoms in total. The summed E-state index contributed by atoms with van der Waals surface area (Å²) in [5.41, 5.74) is 1.72. The molecule has 0 N–H and O–H groups in total. The number of rotatable bonds is 6. The third-order valence-corrected chi connectivity index (χ3v) is 4.43. The lowest BCUT2D eigenvalue weighted by Crippen LogP contribution is -1.91. The summed E-state index contributed by atoms with van der Waals surface area (Å²) in [4.78, 5) is 8.80. The van der Waals surface area contributed by atoms with E-state index in [0.717, 1.165) is 17.5 Å². The van der Waals surface area contributed by atoms with Crippen LogP contribution in [0.25, 0.3) is 22.8 Å². The molecule has 2 aromatic heterocycles. The molecule has 0 spiro atoms. The van der Waals surface area contributed by atoms with E-state index in [0.29, 0.717) is 46.3 Å². The Morgan fingerprint density at radius 3 is 1.44 bits per heavy atom. The van der Waals surface area contributed by atoms with E-state index < -0.39 is 0 Å². The van der Waals surface area contributed by atoms with Crippen LogP contribution >= 0.6 is 23.2 Å². The average Bonchev–Trinajstić information content (AvgIpc) is 3.33. The number of hydrogen-bond acceptors (Lipinski definition) is 6. The van der Waals surface area contributed by atoms with Crippen molar-refractivity contribution in [3.63, 3.8) is 0 Å². The van der Waals surface area contributed by atoms with Crippen LogP contribution in [0, 0.1) is 0 Å². The van der Waals surface area contributed by atoms with Gasteiger partial charge in [-0.3, -0.25) is 0 Å². The van der Waals surface area contributed by atoms with Crippen LogP contribution in [0.3, 0.4) is 0 Å². The molecule has 0 saturated heterocycles. The van der Waals surface area contributed by atoms with Crippen molar-refractivity contribution >= 4 is 23.2 Å². The van der Waals surface area contributed by atoms with Gasteiger partial charge in [0, 0.05) is 34.0 Å². The Labute approximate surface area is 165 Å². The normalized spacial score (nSPS) is 11.0. The van der Waals surface area contributed by atoms with E-state index in [1.807, 2.05) is 24.3 Å². The Morgan fingerprint density at radius 2 is 1.04 bits per heavy atom. The topological polar surface area (TPSA) is 77.8 Å². The van der Waals surface area contributed by atoms with E-state index in [2.05, 4.69) is 20.3 Å². The van der Waals surface area contributed by atoms with Crippen molar-refractivity contribution < 1.29 is 9.05 Å². The summed E-state index contributed by atoms with van der Waals surface area (Å²) in [5.74, 6) is 2.23. The molecule has 27 heavy (non-hydrogen) atoms. The molecule has 0 atom stereocenters. The van der Waals surface area contributed by atoms with Crippen LogP contribution in [0.5, 0.6) is 0 Å². The Kier molecular flexibility index (Phi) is 5.18. The van der Waals surface area contributed by atoms with Crippen molar-refractivity contribution in [2.24, 2.45) is 0 Å². The quantitative estimate of drug-likeness (QED) is 0.438. The highest BCUT2D eigenvalue weighted by atomic mass is 35.5. The van der Waals surface area contributed by atoms with Gasteiger partial charge in [-0.15, -0.1) is 0 Å². The molecule has 0 unspecified atom stereocenters. The summed E-state index contributed by atoms with van der Waals surface area (Å²) in [6.45, 7) is 0. The molecule has 0 aliphatic heterocycles. The first-order valence-corrected chi connectivity index (χ1v) is 9.10. The molecule has 4 aromatic rings. The molecule has 0 bridgehead atoms. The highest BCUT2D eigenvalue weighted by Gasteiger charge is 2.11. The van der Waals surface area contributed by atoms with Crippen LogP contribution in [-0.4, -0.2) is 20.3 Å². The van der Waals surface area contributed by atoms with Gasteiger partial charge in [-0.25, -0.2) is 0 Å². The van der Waals surface area contributed by atoms with E-state index in [1.54, 1.807) is 24.3 Å². The van der Waals surface area contributed by atoms with Crippen LogP contribution in [0.15, 0.2) is 57.6 Å². The molecule has 8 heteroatoms. The van der Waals surface area contributed by atoms with Gasteiger partial charge in [0.2, 0.25) is 23.4 Å². The highest BCUT2D eigenvalue weighted by Crippen LogP contribution is 2.20. The van der Waals surface area contributed by atoms with Gasteiger partial charge in [-0.2, -0.15) is 9.97 Å².